The first-order valence-corrected chi connectivity index (χ1v) is 9.66. The number of hydrogen-bond acceptors (Lipinski definition) is 5. The van der Waals surface area contributed by atoms with Gasteiger partial charge in [-0.15, -0.1) is 0 Å². The maximum absolute atomic E-state index is 13.2. The number of rotatable bonds is 4. The van der Waals surface area contributed by atoms with Crippen molar-refractivity contribution in [3.8, 4) is 5.69 Å². The smallest absolute Gasteiger partial charge is 0.332 e. The van der Waals surface area contributed by atoms with Gasteiger partial charge in [-0.2, -0.15) is 4.98 Å². The molecule has 1 aromatic carbocycles. The summed E-state index contributed by atoms with van der Waals surface area (Å²) in [6, 6.07) is 7.28. The Hall–Kier alpha value is -3.33. The largest absolute Gasteiger partial charge is 0.469 e. The minimum absolute atomic E-state index is 0.0721. The number of aryl methyl sites for hydroxylation is 2. The topological polar surface area (TPSA) is 92.5 Å². The SMILES string of the molecule is COC(=O)CCn1c(=O)c2c(nc3n(-c4ccc(Cl)cc4)c(C)c(C)n23)n(C)c1=O. The quantitative estimate of drug-likeness (QED) is 0.462. The molecule has 10 heteroatoms. The summed E-state index contributed by atoms with van der Waals surface area (Å²) in [7, 11) is 2.82. The molecule has 0 N–H and O–H groups in total. The molecule has 156 valence electrons. The molecule has 0 radical (unpaired) electrons. The van der Waals surface area contributed by atoms with E-state index in [0.717, 1.165) is 21.6 Å². The van der Waals surface area contributed by atoms with Crippen molar-refractivity contribution in [3.05, 3.63) is 61.5 Å². The molecule has 4 aromatic rings. The Bertz CT molecular complexity index is 1420. The number of methoxy groups -OCH3 is 1. The van der Waals surface area contributed by atoms with Crippen molar-refractivity contribution in [1.82, 2.24) is 23.1 Å². The zero-order valence-electron chi connectivity index (χ0n) is 17.0. The van der Waals surface area contributed by atoms with Crippen molar-refractivity contribution in [3.63, 3.8) is 0 Å². The van der Waals surface area contributed by atoms with Crippen LogP contribution in [0.5, 0.6) is 0 Å². The Labute approximate surface area is 175 Å². The fourth-order valence-corrected chi connectivity index (χ4v) is 3.78. The maximum atomic E-state index is 13.2. The molecule has 0 aliphatic heterocycles. The van der Waals surface area contributed by atoms with Gasteiger partial charge in [-0.1, -0.05) is 11.6 Å². The molecule has 30 heavy (non-hydrogen) atoms. The van der Waals surface area contributed by atoms with Gasteiger partial charge < -0.3 is 4.74 Å². The van der Waals surface area contributed by atoms with E-state index in [4.69, 9.17) is 11.6 Å². The lowest BCUT2D eigenvalue weighted by Gasteiger charge is -2.08. The fourth-order valence-electron chi connectivity index (χ4n) is 3.65. The van der Waals surface area contributed by atoms with Gasteiger partial charge in [-0.3, -0.25) is 27.7 Å². The molecule has 0 spiro atoms. The van der Waals surface area contributed by atoms with Crippen LogP contribution in [0.2, 0.25) is 5.02 Å². The van der Waals surface area contributed by atoms with Gasteiger partial charge >= 0.3 is 11.7 Å². The second-order valence-corrected chi connectivity index (χ2v) is 7.46. The molecule has 0 unspecified atom stereocenters. The molecule has 3 heterocycles. The van der Waals surface area contributed by atoms with E-state index in [-0.39, 0.29) is 24.1 Å². The van der Waals surface area contributed by atoms with Gasteiger partial charge in [0.05, 0.1) is 13.5 Å². The predicted octanol–water partition coefficient (Wildman–Crippen LogP) is 1.97. The molecule has 0 aliphatic carbocycles. The van der Waals surface area contributed by atoms with E-state index in [1.807, 2.05) is 30.5 Å². The van der Waals surface area contributed by atoms with Crippen LogP contribution in [0.1, 0.15) is 17.8 Å². The van der Waals surface area contributed by atoms with Crippen LogP contribution in [0.3, 0.4) is 0 Å². The van der Waals surface area contributed by atoms with Crippen LogP contribution in [0.4, 0.5) is 0 Å². The molecule has 3 aromatic heterocycles. The molecular weight excluding hydrogens is 410 g/mol. The fraction of sp³-hybridized carbons (Fsp3) is 0.300. The number of ether oxygens (including phenoxy) is 1. The molecule has 0 saturated carbocycles. The van der Waals surface area contributed by atoms with Crippen molar-refractivity contribution in [1.29, 1.82) is 0 Å². The van der Waals surface area contributed by atoms with E-state index < -0.39 is 17.2 Å². The number of nitrogens with zero attached hydrogens (tertiary/aromatic N) is 5. The molecule has 0 bridgehead atoms. The summed E-state index contributed by atoms with van der Waals surface area (Å²) >= 11 is 6.02. The standard InChI is InChI=1S/C20H20ClN5O4/c1-11-12(2)26-16-17(22-19(26)25(11)14-7-5-13(21)6-8-14)23(3)20(29)24(18(16)28)10-9-15(27)30-4/h5-8H,9-10H2,1-4H3. The van der Waals surface area contributed by atoms with Crippen LogP contribution in [-0.2, 0) is 23.1 Å². The average molecular weight is 430 g/mol. The summed E-state index contributed by atoms with van der Waals surface area (Å²) in [4.78, 5) is 42.1. The van der Waals surface area contributed by atoms with Gasteiger partial charge in [0.15, 0.2) is 11.2 Å². The highest BCUT2D eigenvalue weighted by atomic mass is 35.5. The van der Waals surface area contributed by atoms with E-state index >= 15 is 0 Å². The molecule has 4 rings (SSSR count). The lowest BCUT2D eigenvalue weighted by Crippen LogP contribution is -2.40. The van der Waals surface area contributed by atoms with Gasteiger partial charge in [0.2, 0.25) is 5.78 Å². The number of carbonyl (C=O) groups is 1. The van der Waals surface area contributed by atoms with Crippen LogP contribution >= 0.6 is 11.6 Å². The van der Waals surface area contributed by atoms with Gasteiger partial charge in [0.25, 0.3) is 5.56 Å². The first-order chi connectivity index (χ1) is 14.3. The Morgan fingerprint density at radius 3 is 2.43 bits per heavy atom. The molecule has 0 fully saturated rings. The number of hydrogen-bond donors (Lipinski definition) is 0. The van der Waals surface area contributed by atoms with Crippen LogP contribution in [0, 0.1) is 13.8 Å². The molecule has 0 atom stereocenters. The van der Waals surface area contributed by atoms with E-state index in [1.165, 1.54) is 11.7 Å². The second-order valence-electron chi connectivity index (χ2n) is 7.03. The first kappa shape index (κ1) is 20.0. The number of imidazole rings is 2. The highest BCUT2D eigenvalue weighted by molar-refractivity contribution is 6.30. The van der Waals surface area contributed by atoms with Crippen molar-refractivity contribution < 1.29 is 9.53 Å². The van der Waals surface area contributed by atoms with Crippen LogP contribution in [-0.4, -0.2) is 36.2 Å². The normalized spacial score (nSPS) is 11.5. The lowest BCUT2D eigenvalue weighted by atomic mass is 10.3. The summed E-state index contributed by atoms with van der Waals surface area (Å²) in [6.07, 6.45) is -0.0805. The minimum atomic E-state index is -0.537. The third-order valence-electron chi connectivity index (χ3n) is 5.37. The summed E-state index contributed by atoms with van der Waals surface area (Å²) in [5.74, 6) is 0.0172. The summed E-state index contributed by atoms with van der Waals surface area (Å²) in [5, 5.41) is 0.612. The Kier molecular flexibility index (Phi) is 4.77. The third-order valence-corrected chi connectivity index (χ3v) is 5.62. The van der Waals surface area contributed by atoms with Gasteiger partial charge in [-0.05, 0) is 38.1 Å². The number of esters is 1. The highest BCUT2D eigenvalue weighted by Gasteiger charge is 2.23. The predicted molar refractivity (Wildman–Crippen MR) is 113 cm³/mol. The van der Waals surface area contributed by atoms with Crippen molar-refractivity contribution in [2.24, 2.45) is 7.05 Å². The Morgan fingerprint density at radius 1 is 1.13 bits per heavy atom. The third kappa shape index (κ3) is 2.85. The van der Waals surface area contributed by atoms with Gasteiger partial charge in [0, 0.05) is 35.7 Å². The maximum Gasteiger partial charge on any atom is 0.332 e. The Balaban J connectivity index is 2.05. The van der Waals surface area contributed by atoms with E-state index in [1.54, 1.807) is 23.6 Å². The summed E-state index contributed by atoms with van der Waals surface area (Å²) in [5.41, 5.74) is 2.07. The van der Waals surface area contributed by atoms with Crippen LogP contribution in [0.25, 0.3) is 22.6 Å². The first-order valence-electron chi connectivity index (χ1n) is 9.29. The number of benzene rings is 1. The van der Waals surface area contributed by atoms with E-state index in [0.29, 0.717) is 10.8 Å². The van der Waals surface area contributed by atoms with Gasteiger partial charge in [0.1, 0.15) is 0 Å². The molecular formula is C20H20ClN5O4. The van der Waals surface area contributed by atoms with Crippen LogP contribution in [0.15, 0.2) is 33.9 Å². The lowest BCUT2D eigenvalue weighted by molar-refractivity contribution is -0.140. The number of aromatic nitrogens is 5. The zero-order chi connectivity index (χ0) is 21.7. The number of carbonyl (C=O) groups excluding carboxylic acids is 1. The molecule has 0 aliphatic rings. The average Bonchev–Trinajstić information content (AvgIpc) is 3.23. The highest BCUT2D eigenvalue weighted by Crippen LogP contribution is 2.25. The monoisotopic (exact) mass is 429 g/mol. The van der Waals surface area contributed by atoms with Crippen molar-refractivity contribution in [2.75, 3.05) is 7.11 Å². The van der Waals surface area contributed by atoms with Crippen molar-refractivity contribution in [2.45, 2.75) is 26.8 Å². The minimum Gasteiger partial charge on any atom is -0.469 e. The molecule has 0 saturated heterocycles. The van der Waals surface area contributed by atoms with Crippen LogP contribution < -0.4 is 11.2 Å². The zero-order valence-corrected chi connectivity index (χ0v) is 17.7. The van der Waals surface area contributed by atoms with E-state index in [2.05, 4.69) is 9.72 Å². The van der Waals surface area contributed by atoms with Gasteiger partial charge in [-0.25, -0.2) is 4.79 Å². The number of fused-ring (bicyclic) bond motifs is 3. The summed E-state index contributed by atoms with van der Waals surface area (Å²) < 4.78 is 10.6. The number of halogens is 1. The summed E-state index contributed by atoms with van der Waals surface area (Å²) in [6.45, 7) is 3.75. The molecule has 9 nitrogen and oxygen atoms in total. The second kappa shape index (κ2) is 7.17. The molecule has 0 amide bonds. The van der Waals surface area contributed by atoms with E-state index in [9.17, 15) is 14.4 Å². The van der Waals surface area contributed by atoms with Crippen molar-refractivity contribution >= 4 is 34.5 Å². The Morgan fingerprint density at radius 2 is 1.80 bits per heavy atom.